The summed E-state index contributed by atoms with van der Waals surface area (Å²) in [5.74, 6) is 0. The predicted octanol–water partition coefficient (Wildman–Crippen LogP) is 14.2. The van der Waals surface area contributed by atoms with Crippen LogP contribution in [-0.4, -0.2) is 0 Å². The first-order valence-electron chi connectivity index (χ1n) is 17.0. The minimum absolute atomic E-state index is 1.12. The Kier molecular flexibility index (Phi) is 7.77. The fraction of sp³-hybridized carbons (Fsp3) is 0. The summed E-state index contributed by atoms with van der Waals surface area (Å²) in [5, 5.41) is 2.56. The summed E-state index contributed by atoms with van der Waals surface area (Å²) in [7, 11) is 0. The second-order valence-corrected chi connectivity index (χ2v) is 13.6. The topological polar surface area (TPSA) is 3.24 Å². The highest BCUT2D eigenvalue weighted by molar-refractivity contribution is 7.25. The van der Waals surface area contributed by atoms with Gasteiger partial charge in [0.25, 0.3) is 0 Å². The molecule has 0 aliphatic carbocycles. The van der Waals surface area contributed by atoms with Crippen molar-refractivity contribution >= 4 is 48.6 Å². The van der Waals surface area contributed by atoms with Crippen LogP contribution < -0.4 is 4.90 Å². The van der Waals surface area contributed by atoms with Gasteiger partial charge in [0.05, 0.1) is 11.4 Å². The van der Waals surface area contributed by atoms with E-state index in [4.69, 9.17) is 0 Å². The van der Waals surface area contributed by atoms with Crippen molar-refractivity contribution in [1.82, 2.24) is 0 Å². The Hall–Kier alpha value is -6.22. The highest BCUT2D eigenvalue weighted by atomic mass is 32.1. The van der Waals surface area contributed by atoms with Gasteiger partial charge in [0.1, 0.15) is 0 Å². The Morgan fingerprint density at radius 1 is 0.320 bits per heavy atom. The van der Waals surface area contributed by atoms with E-state index in [0.717, 1.165) is 17.1 Å². The van der Waals surface area contributed by atoms with E-state index in [9.17, 15) is 0 Å². The summed E-state index contributed by atoms with van der Waals surface area (Å²) >= 11 is 1.85. The van der Waals surface area contributed by atoms with Crippen LogP contribution in [0.5, 0.6) is 0 Å². The summed E-state index contributed by atoms with van der Waals surface area (Å²) in [5.41, 5.74) is 12.9. The zero-order valence-electron chi connectivity index (χ0n) is 27.4. The molecule has 0 saturated heterocycles. The van der Waals surface area contributed by atoms with Crippen LogP contribution in [0, 0.1) is 0 Å². The number of anilines is 3. The fourth-order valence-electron chi connectivity index (χ4n) is 7.23. The van der Waals surface area contributed by atoms with Crippen molar-refractivity contribution in [3.05, 3.63) is 200 Å². The van der Waals surface area contributed by atoms with Crippen LogP contribution in [0.1, 0.15) is 0 Å². The summed E-state index contributed by atoms with van der Waals surface area (Å²) in [6.07, 6.45) is 0. The first kappa shape index (κ1) is 29.9. The smallest absolute Gasteiger partial charge is 0.0546 e. The fourth-order valence-corrected chi connectivity index (χ4v) is 8.32. The van der Waals surface area contributed by atoms with Crippen LogP contribution >= 0.6 is 11.3 Å². The van der Waals surface area contributed by atoms with E-state index in [1.807, 2.05) is 11.3 Å². The standard InChI is InChI=1S/C48H33NS/c1-4-17-34(18-5-1)38-23-10-11-26-42(38)48-40(36-21-8-3-9-22-36)27-16-29-45(48)49(44-28-14-12-24-39(44)35-19-6-2-7-20-35)37-31-32-47-43(33-37)41-25-13-15-30-46(41)50-47/h1-33H. The normalized spacial score (nSPS) is 11.2. The van der Waals surface area contributed by atoms with Crippen molar-refractivity contribution in [3.63, 3.8) is 0 Å². The molecule has 0 saturated carbocycles. The van der Waals surface area contributed by atoms with Gasteiger partial charge in [-0.1, -0.05) is 164 Å². The van der Waals surface area contributed by atoms with Gasteiger partial charge in [-0.3, -0.25) is 0 Å². The molecule has 8 aromatic carbocycles. The highest BCUT2D eigenvalue weighted by Crippen LogP contribution is 2.50. The summed E-state index contributed by atoms with van der Waals surface area (Å²) in [6.45, 7) is 0. The summed E-state index contributed by atoms with van der Waals surface area (Å²) < 4.78 is 2.60. The number of thiophene rings is 1. The number of para-hydroxylation sites is 1. The maximum Gasteiger partial charge on any atom is 0.0546 e. The average Bonchev–Trinajstić information content (AvgIpc) is 3.57. The number of benzene rings is 8. The molecule has 9 rings (SSSR count). The second kappa shape index (κ2) is 13.0. The third-order valence-corrected chi connectivity index (χ3v) is 10.6. The minimum atomic E-state index is 1.12. The lowest BCUT2D eigenvalue weighted by Gasteiger charge is -2.31. The van der Waals surface area contributed by atoms with Crippen LogP contribution in [0.3, 0.4) is 0 Å². The molecule has 0 spiro atoms. The number of rotatable bonds is 7. The van der Waals surface area contributed by atoms with Crippen LogP contribution in [0.2, 0.25) is 0 Å². The molecular formula is C48H33NS. The van der Waals surface area contributed by atoms with Gasteiger partial charge in [0.15, 0.2) is 0 Å². The van der Waals surface area contributed by atoms with E-state index < -0.39 is 0 Å². The van der Waals surface area contributed by atoms with E-state index in [-0.39, 0.29) is 0 Å². The van der Waals surface area contributed by atoms with Gasteiger partial charge in [-0.25, -0.2) is 0 Å². The van der Waals surface area contributed by atoms with Crippen molar-refractivity contribution in [2.75, 3.05) is 4.90 Å². The van der Waals surface area contributed by atoms with E-state index in [0.29, 0.717) is 0 Å². The van der Waals surface area contributed by atoms with Crippen LogP contribution in [0.15, 0.2) is 200 Å². The van der Waals surface area contributed by atoms with Crippen molar-refractivity contribution in [1.29, 1.82) is 0 Å². The first-order valence-corrected chi connectivity index (χ1v) is 17.8. The molecule has 0 fully saturated rings. The van der Waals surface area contributed by atoms with E-state index in [1.165, 1.54) is 64.7 Å². The van der Waals surface area contributed by atoms with Gasteiger partial charge in [-0.05, 0) is 69.8 Å². The molecule has 1 heterocycles. The summed E-state index contributed by atoms with van der Waals surface area (Å²) in [4.78, 5) is 2.48. The average molecular weight is 656 g/mol. The molecule has 9 aromatic rings. The molecular weight excluding hydrogens is 623 g/mol. The largest absolute Gasteiger partial charge is 0.309 e. The van der Waals surface area contributed by atoms with Crippen molar-refractivity contribution in [3.8, 4) is 44.5 Å². The Balaban J connectivity index is 1.39. The summed E-state index contributed by atoms with van der Waals surface area (Å²) in [6, 6.07) is 72.5. The van der Waals surface area contributed by atoms with E-state index in [1.54, 1.807) is 0 Å². The molecule has 0 N–H and O–H groups in total. The lowest BCUT2D eigenvalue weighted by atomic mass is 9.87. The van der Waals surface area contributed by atoms with E-state index in [2.05, 4.69) is 205 Å². The lowest BCUT2D eigenvalue weighted by Crippen LogP contribution is -2.13. The van der Waals surface area contributed by atoms with Gasteiger partial charge in [-0.2, -0.15) is 0 Å². The Morgan fingerprint density at radius 2 is 0.820 bits per heavy atom. The molecule has 0 unspecified atom stereocenters. The van der Waals surface area contributed by atoms with E-state index >= 15 is 0 Å². The zero-order valence-corrected chi connectivity index (χ0v) is 28.2. The maximum absolute atomic E-state index is 2.48. The van der Waals surface area contributed by atoms with Crippen molar-refractivity contribution in [2.45, 2.75) is 0 Å². The van der Waals surface area contributed by atoms with Gasteiger partial charge >= 0.3 is 0 Å². The first-order chi connectivity index (χ1) is 24.8. The van der Waals surface area contributed by atoms with Gasteiger partial charge in [-0.15, -0.1) is 11.3 Å². The molecule has 0 amide bonds. The van der Waals surface area contributed by atoms with Crippen LogP contribution in [0.4, 0.5) is 17.1 Å². The molecule has 1 aromatic heterocycles. The van der Waals surface area contributed by atoms with Gasteiger partial charge in [0, 0.05) is 37.0 Å². The predicted molar refractivity (Wildman–Crippen MR) is 216 cm³/mol. The zero-order chi connectivity index (χ0) is 33.3. The number of hydrogen-bond donors (Lipinski definition) is 0. The van der Waals surface area contributed by atoms with Crippen molar-refractivity contribution < 1.29 is 0 Å². The number of nitrogens with zero attached hydrogens (tertiary/aromatic N) is 1. The Morgan fingerprint density at radius 3 is 1.54 bits per heavy atom. The molecule has 0 atom stereocenters. The molecule has 1 nitrogen and oxygen atoms in total. The Bertz CT molecular complexity index is 2590. The van der Waals surface area contributed by atoms with Crippen molar-refractivity contribution in [2.24, 2.45) is 0 Å². The molecule has 0 aliphatic rings. The second-order valence-electron chi connectivity index (χ2n) is 12.5. The molecule has 0 bridgehead atoms. The van der Waals surface area contributed by atoms with Gasteiger partial charge < -0.3 is 4.90 Å². The number of hydrogen-bond acceptors (Lipinski definition) is 2. The molecule has 50 heavy (non-hydrogen) atoms. The molecule has 0 radical (unpaired) electrons. The quantitative estimate of drug-likeness (QED) is 0.165. The monoisotopic (exact) mass is 655 g/mol. The van der Waals surface area contributed by atoms with Crippen LogP contribution in [-0.2, 0) is 0 Å². The lowest BCUT2D eigenvalue weighted by molar-refractivity contribution is 1.29. The molecule has 2 heteroatoms. The highest BCUT2D eigenvalue weighted by Gasteiger charge is 2.24. The SMILES string of the molecule is c1ccc(-c2ccccc2-c2c(-c3ccccc3)cccc2N(c2ccc3sc4ccccc4c3c2)c2ccccc2-c2ccccc2)cc1. The maximum atomic E-state index is 2.48. The third kappa shape index (κ3) is 5.37. The van der Waals surface area contributed by atoms with Gasteiger partial charge in [0.2, 0.25) is 0 Å². The van der Waals surface area contributed by atoms with Crippen LogP contribution in [0.25, 0.3) is 64.7 Å². The Labute approximate surface area is 297 Å². The number of fused-ring (bicyclic) bond motifs is 3. The molecule has 236 valence electrons. The minimum Gasteiger partial charge on any atom is -0.309 e. The third-order valence-electron chi connectivity index (χ3n) is 9.50. The molecule has 0 aliphatic heterocycles.